The van der Waals surface area contributed by atoms with Crippen molar-refractivity contribution >= 4 is 11.8 Å². The molecule has 0 radical (unpaired) electrons. The maximum absolute atomic E-state index is 14.0. The van der Waals surface area contributed by atoms with Crippen molar-refractivity contribution in [3.63, 3.8) is 0 Å². The van der Waals surface area contributed by atoms with Gasteiger partial charge < -0.3 is 5.32 Å². The summed E-state index contributed by atoms with van der Waals surface area (Å²) in [5.41, 5.74) is 0.680. The number of rotatable bonds is 6. The van der Waals surface area contributed by atoms with Crippen molar-refractivity contribution in [3.8, 4) is 0 Å². The molecule has 0 unspecified atom stereocenters. The smallest absolute Gasteiger partial charge is 0.140 e. The molecule has 2 rings (SSSR count). The maximum Gasteiger partial charge on any atom is 0.140 e. The summed E-state index contributed by atoms with van der Waals surface area (Å²) in [5.74, 6) is -0.824. The molecule has 1 N–H and O–H groups in total. The number of benzene rings is 1. The predicted octanol–water partition coefficient (Wildman–Crippen LogP) is 4.50. The molecule has 1 fully saturated rings. The fourth-order valence-electron chi connectivity index (χ4n) is 2.41. The van der Waals surface area contributed by atoms with Crippen LogP contribution in [0.4, 0.5) is 8.78 Å². The lowest BCUT2D eigenvalue weighted by atomic mass is 10.2. The summed E-state index contributed by atoms with van der Waals surface area (Å²) in [5, 5.41) is 3.54. The Morgan fingerprint density at radius 2 is 1.84 bits per heavy atom. The lowest BCUT2D eigenvalue weighted by Crippen LogP contribution is -2.14. The molecular weight excluding hydrogens is 264 g/mol. The second kappa shape index (κ2) is 7.25. The van der Waals surface area contributed by atoms with Gasteiger partial charge in [0.25, 0.3) is 0 Å². The summed E-state index contributed by atoms with van der Waals surface area (Å²) < 4.78 is 28.0. The highest BCUT2D eigenvalue weighted by Crippen LogP contribution is 2.37. The van der Waals surface area contributed by atoms with Gasteiger partial charge in [0.15, 0.2) is 0 Å². The van der Waals surface area contributed by atoms with Crippen LogP contribution in [0.2, 0.25) is 0 Å². The van der Waals surface area contributed by atoms with Gasteiger partial charge in [-0.2, -0.15) is 0 Å². The first-order chi connectivity index (χ1) is 9.20. The van der Waals surface area contributed by atoms with Crippen LogP contribution in [-0.2, 0) is 6.54 Å². The molecule has 0 aromatic heterocycles. The molecule has 1 aliphatic carbocycles. The molecule has 0 saturated heterocycles. The van der Waals surface area contributed by atoms with Gasteiger partial charge in [-0.25, -0.2) is 8.78 Å². The van der Waals surface area contributed by atoms with E-state index in [1.807, 2.05) is 0 Å². The zero-order valence-electron chi connectivity index (χ0n) is 11.3. The van der Waals surface area contributed by atoms with Crippen LogP contribution in [0.15, 0.2) is 17.0 Å². The Bertz CT molecular complexity index is 394. The molecule has 4 heteroatoms. The third-order valence-electron chi connectivity index (χ3n) is 3.40. The van der Waals surface area contributed by atoms with Gasteiger partial charge in [-0.15, -0.1) is 11.8 Å². The average Bonchev–Trinajstić information content (AvgIpc) is 2.87. The van der Waals surface area contributed by atoms with E-state index in [1.54, 1.807) is 0 Å². The molecule has 0 amide bonds. The molecule has 106 valence electrons. The van der Waals surface area contributed by atoms with E-state index in [0.29, 0.717) is 17.4 Å². The van der Waals surface area contributed by atoms with Gasteiger partial charge in [0.1, 0.15) is 11.6 Å². The molecule has 19 heavy (non-hydrogen) atoms. The van der Waals surface area contributed by atoms with Gasteiger partial charge in [0, 0.05) is 11.8 Å². The van der Waals surface area contributed by atoms with Gasteiger partial charge in [0.2, 0.25) is 0 Å². The summed E-state index contributed by atoms with van der Waals surface area (Å²) in [6, 6.07) is 2.92. The first kappa shape index (κ1) is 14.8. The van der Waals surface area contributed by atoms with Crippen LogP contribution in [0.3, 0.4) is 0 Å². The highest BCUT2D eigenvalue weighted by atomic mass is 32.2. The molecular formula is C15H21F2NS. The monoisotopic (exact) mass is 285 g/mol. The van der Waals surface area contributed by atoms with Crippen LogP contribution in [-0.4, -0.2) is 11.8 Å². The minimum Gasteiger partial charge on any atom is -0.313 e. The minimum atomic E-state index is -0.412. The van der Waals surface area contributed by atoms with Crippen LogP contribution in [0, 0.1) is 11.6 Å². The van der Waals surface area contributed by atoms with Crippen LogP contribution in [0.1, 0.15) is 44.6 Å². The lowest BCUT2D eigenvalue weighted by Gasteiger charge is -2.12. The van der Waals surface area contributed by atoms with Crippen molar-refractivity contribution in [1.29, 1.82) is 0 Å². The number of thioether (sulfide) groups is 1. The van der Waals surface area contributed by atoms with E-state index in [1.165, 1.54) is 36.7 Å². The molecule has 1 aromatic carbocycles. The quantitative estimate of drug-likeness (QED) is 0.772. The summed E-state index contributed by atoms with van der Waals surface area (Å²) in [6.45, 7) is 3.45. The lowest BCUT2D eigenvalue weighted by molar-refractivity contribution is 0.533. The fraction of sp³-hybridized carbons (Fsp3) is 0.600. The Balaban J connectivity index is 2.03. The second-order valence-corrected chi connectivity index (χ2v) is 6.40. The highest BCUT2D eigenvalue weighted by molar-refractivity contribution is 8.00. The minimum absolute atomic E-state index is 0.200. The summed E-state index contributed by atoms with van der Waals surface area (Å²) >= 11 is 1.37. The number of halogens is 2. The Morgan fingerprint density at radius 3 is 2.42 bits per heavy atom. The molecule has 0 bridgehead atoms. The van der Waals surface area contributed by atoms with Crippen molar-refractivity contribution in [3.05, 3.63) is 29.3 Å². The van der Waals surface area contributed by atoms with E-state index in [0.717, 1.165) is 25.8 Å². The molecule has 1 aliphatic rings. The van der Waals surface area contributed by atoms with E-state index >= 15 is 0 Å². The summed E-state index contributed by atoms with van der Waals surface area (Å²) in [4.78, 5) is 0.200. The number of hydrogen-bond acceptors (Lipinski definition) is 2. The molecule has 1 saturated carbocycles. The van der Waals surface area contributed by atoms with Gasteiger partial charge in [-0.1, -0.05) is 19.8 Å². The fourth-order valence-corrected chi connectivity index (χ4v) is 3.65. The van der Waals surface area contributed by atoms with E-state index in [2.05, 4.69) is 12.2 Å². The van der Waals surface area contributed by atoms with Gasteiger partial charge >= 0.3 is 0 Å². The zero-order chi connectivity index (χ0) is 13.7. The van der Waals surface area contributed by atoms with Crippen molar-refractivity contribution in [2.24, 2.45) is 0 Å². The van der Waals surface area contributed by atoms with Crippen molar-refractivity contribution in [1.82, 2.24) is 5.32 Å². The first-order valence-corrected chi connectivity index (χ1v) is 7.94. The molecule has 1 nitrogen and oxygen atoms in total. The van der Waals surface area contributed by atoms with Crippen molar-refractivity contribution in [2.75, 3.05) is 6.54 Å². The third kappa shape index (κ3) is 4.18. The molecule has 0 atom stereocenters. The molecule has 0 spiro atoms. The normalized spacial score (nSPS) is 16.2. The van der Waals surface area contributed by atoms with Gasteiger partial charge in [-0.3, -0.25) is 0 Å². The molecule has 1 aromatic rings. The van der Waals surface area contributed by atoms with Gasteiger partial charge in [0.05, 0.1) is 4.90 Å². The second-order valence-electron chi connectivity index (χ2n) is 5.09. The Kier molecular flexibility index (Phi) is 5.64. The van der Waals surface area contributed by atoms with Crippen molar-refractivity contribution < 1.29 is 8.78 Å². The largest absolute Gasteiger partial charge is 0.313 e. The van der Waals surface area contributed by atoms with Crippen LogP contribution in [0.25, 0.3) is 0 Å². The molecule has 0 aliphatic heterocycles. The SMILES string of the molecule is CCCNCc1cc(F)c(SC2CCCC2)c(F)c1. The van der Waals surface area contributed by atoms with E-state index in [-0.39, 0.29) is 4.90 Å². The number of nitrogens with one attached hydrogen (secondary N) is 1. The first-order valence-electron chi connectivity index (χ1n) is 7.06. The third-order valence-corrected chi connectivity index (χ3v) is 4.83. The summed E-state index contributed by atoms with van der Waals surface area (Å²) in [7, 11) is 0. The van der Waals surface area contributed by atoms with E-state index in [9.17, 15) is 8.78 Å². The zero-order valence-corrected chi connectivity index (χ0v) is 12.2. The average molecular weight is 285 g/mol. The Hall–Kier alpha value is -0.610. The van der Waals surface area contributed by atoms with E-state index < -0.39 is 11.6 Å². The maximum atomic E-state index is 14.0. The Labute approximate surface area is 118 Å². The number of hydrogen-bond donors (Lipinski definition) is 1. The van der Waals surface area contributed by atoms with Gasteiger partial charge in [-0.05, 0) is 43.5 Å². The summed E-state index contributed by atoms with van der Waals surface area (Å²) in [6.07, 6.45) is 5.52. The van der Waals surface area contributed by atoms with Crippen molar-refractivity contribution in [2.45, 2.75) is 55.7 Å². The topological polar surface area (TPSA) is 12.0 Å². The highest BCUT2D eigenvalue weighted by Gasteiger charge is 2.20. The molecule has 0 heterocycles. The van der Waals surface area contributed by atoms with E-state index in [4.69, 9.17) is 0 Å². The van der Waals surface area contributed by atoms with Crippen LogP contribution < -0.4 is 5.32 Å². The van der Waals surface area contributed by atoms with Crippen LogP contribution in [0.5, 0.6) is 0 Å². The van der Waals surface area contributed by atoms with Crippen LogP contribution >= 0.6 is 11.8 Å². The standard InChI is InChI=1S/C15H21F2NS/c1-2-7-18-10-11-8-13(16)15(14(17)9-11)19-12-5-3-4-6-12/h8-9,12,18H,2-7,10H2,1H3. The Morgan fingerprint density at radius 1 is 1.21 bits per heavy atom. The predicted molar refractivity (Wildman–Crippen MR) is 76.5 cm³/mol.